The highest BCUT2D eigenvalue weighted by molar-refractivity contribution is 6.02. The number of rotatable bonds is 11. The molecule has 6 rings (SSSR count). The quantitative estimate of drug-likeness (QED) is 0.168. The lowest BCUT2D eigenvalue weighted by molar-refractivity contribution is -0.111. The molecule has 3 fully saturated rings. The second kappa shape index (κ2) is 15.3. The van der Waals surface area contributed by atoms with Gasteiger partial charge in [-0.2, -0.15) is 0 Å². The summed E-state index contributed by atoms with van der Waals surface area (Å²) < 4.78 is 5.87. The molecule has 0 aliphatic carbocycles. The van der Waals surface area contributed by atoms with Crippen molar-refractivity contribution < 1.29 is 14.4 Å². The number of nitrogens with one attached hydrogen (secondary N) is 2. The van der Waals surface area contributed by atoms with Crippen molar-refractivity contribution in [2.45, 2.75) is 31.3 Å². The first-order chi connectivity index (χ1) is 23.5. The van der Waals surface area contributed by atoms with Crippen LogP contribution in [0.5, 0.6) is 5.75 Å². The number of aromatic nitrogens is 2. The van der Waals surface area contributed by atoms with E-state index in [9.17, 15) is 4.79 Å². The number of hydroxylamine groups is 1. The minimum atomic E-state index is -0.282. The van der Waals surface area contributed by atoms with Crippen LogP contribution in [0.4, 0.5) is 28.7 Å². The summed E-state index contributed by atoms with van der Waals surface area (Å²) in [5.41, 5.74) is 4.11. The van der Waals surface area contributed by atoms with Crippen LogP contribution in [0.1, 0.15) is 36.4 Å². The van der Waals surface area contributed by atoms with E-state index in [1.165, 1.54) is 12.4 Å². The van der Waals surface area contributed by atoms with Gasteiger partial charge in [0, 0.05) is 76.0 Å². The van der Waals surface area contributed by atoms with Gasteiger partial charge in [-0.15, -0.1) is 13.0 Å². The van der Waals surface area contributed by atoms with Gasteiger partial charge in [-0.3, -0.25) is 19.4 Å². The molecule has 3 aliphatic heterocycles. The molecule has 2 aromatic carbocycles. The number of nitrogens with zero attached hydrogens (tertiary/aromatic N) is 6. The maximum atomic E-state index is 12.6. The number of piperidine rings is 1. The van der Waals surface area contributed by atoms with E-state index in [-0.39, 0.29) is 11.9 Å². The Kier molecular flexibility index (Phi) is 10.6. The standard InChI is InChI=1S/C37H44N8O3/c1-5-14-42-17-19-43(20-18-42)29-11-15-44(16-12-29)33-24-34(47-4)31(23-30(33)41-37(46)7-3)40-35-25-36(39-26-38-35)45-32(13-21-48-45)28-10-8-9-27(6-2)22-28/h2,5,7-10,22-26,29,32H,1,3,11-21H2,4H3,(H,41,46)(H,38,39,40)/t32-/m1/s1. The van der Waals surface area contributed by atoms with Crippen LogP contribution in [-0.4, -0.2) is 91.2 Å². The highest BCUT2D eigenvalue weighted by atomic mass is 16.7. The van der Waals surface area contributed by atoms with Crippen molar-refractivity contribution >= 4 is 34.6 Å². The number of ether oxygens (including phenoxy) is 1. The van der Waals surface area contributed by atoms with Crippen molar-refractivity contribution in [1.29, 1.82) is 0 Å². The number of carbonyl (C=O) groups is 1. The lowest BCUT2D eigenvalue weighted by Gasteiger charge is -2.43. The number of terminal acetylenes is 1. The van der Waals surface area contributed by atoms with Crippen molar-refractivity contribution in [3.05, 3.63) is 85.2 Å². The van der Waals surface area contributed by atoms with Gasteiger partial charge in [-0.1, -0.05) is 30.7 Å². The van der Waals surface area contributed by atoms with E-state index in [0.717, 1.165) is 81.9 Å². The Morgan fingerprint density at radius 2 is 1.88 bits per heavy atom. The molecule has 0 radical (unpaired) electrons. The fourth-order valence-corrected chi connectivity index (χ4v) is 6.85. The number of hydrogen-bond donors (Lipinski definition) is 2. The predicted octanol–water partition coefficient (Wildman–Crippen LogP) is 4.99. The van der Waals surface area contributed by atoms with Gasteiger partial charge in [0.25, 0.3) is 0 Å². The highest BCUT2D eigenvalue weighted by Crippen LogP contribution is 2.40. The van der Waals surface area contributed by atoms with Gasteiger partial charge in [0.2, 0.25) is 5.91 Å². The van der Waals surface area contributed by atoms with Crippen LogP contribution in [0.3, 0.4) is 0 Å². The van der Waals surface area contributed by atoms with Crippen LogP contribution in [0.25, 0.3) is 0 Å². The molecule has 11 nitrogen and oxygen atoms in total. The van der Waals surface area contributed by atoms with Crippen LogP contribution in [-0.2, 0) is 9.63 Å². The minimum absolute atomic E-state index is 0.0402. The maximum absolute atomic E-state index is 12.6. The van der Waals surface area contributed by atoms with E-state index in [1.807, 2.05) is 53.6 Å². The Labute approximate surface area is 283 Å². The van der Waals surface area contributed by atoms with Crippen molar-refractivity contribution in [2.24, 2.45) is 0 Å². The summed E-state index contributed by atoms with van der Waals surface area (Å²) in [6.07, 6.45) is 13.3. The topological polar surface area (TPSA) is 98.3 Å². The van der Waals surface area contributed by atoms with E-state index in [2.05, 4.69) is 54.4 Å². The van der Waals surface area contributed by atoms with Crippen LogP contribution < -0.4 is 25.3 Å². The fraction of sp³-hybridized carbons (Fsp3) is 0.378. The van der Waals surface area contributed by atoms with Crippen LogP contribution >= 0.6 is 0 Å². The lowest BCUT2D eigenvalue weighted by Crippen LogP contribution is -2.53. The van der Waals surface area contributed by atoms with Gasteiger partial charge in [0.05, 0.1) is 36.8 Å². The van der Waals surface area contributed by atoms with Gasteiger partial charge >= 0.3 is 0 Å². The Hall–Kier alpha value is -4.89. The average molecular weight is 649 g/mol. The average Bonchev–Trinajstić information content (AvgIpc) is 3.63. The molecule has 4 heterocycles. The third-order valence-electron chi connectivity index (χ3n) is 9.36. The smallest absolute Gasteiger partial charge is 0.247 e. The molecule has 1 amide bonds. The van der Waals surface area contributed by atoms with Gasteiger partial charge in [0.15, 0.2) is 5.82 Å². The third kappa shape index (κ3) is 7.47. The monoisotopic (exact) mass is 648 g/mol. The number of amides is 1. The molecule has 0 saturated carbocycles. The Morgan fingerprint density at radius 3 is 2.60 bits per heavy atom. The fourth-order valence-electron chi connectivity index (χ4n) is 6.85. The zero-order valence-electron chi connectivity index (χ0n) is 27.6. The first kappa shape index (κ1) is 33.0. The van der Waals surface area contributed by atoms with Crippen molar-refractivity contribution in [1.82, 2.24) is 19.8 Å². The van der Waals surface area contributed by atoms with Gasteiger partial charge in [0.1, 0.15) is 17.9 Å². The largest absolute Gasteiger partial charge is 0.494 e. The van der Waals surface area contributed by atoms with E-state index in [0.29, 0.717) is 41.4 Å². The number of hydrogen-bond acceptors (Lipinski definition) is 10. The number of methoxy groups -OCH3 is 1. The molecule has 2 N–H and O–H groups in total. The molecular weight excluding hydrogens is 604 g/mol. The number of benzene rings is 2. The molecule has 0 bridgehead atoms. The summed E-state index contributed by atoms with van der Waals surface area (Å²) in [5.74, 6) is 4.22. The van der Waals surface area contributed by atoms with Crippen LogP contribution in [0, 0.1) is 12.3 Å². The summed E-state index contributed by atoms with van der Waals surface area (Å²) in [6.45, 7) is 15.1. The first-order valence-corrected chi connectivity index (χ1v) is 16.5. The molecule has 48 heavy (non-hydrogen) atoms. The molecule has 3 aromatic rings. The number of carbonyl (C=O) groups excluding carboxylic acids is 1. The van der Waals surface area contributed by atoms with Crippen LogP contribution in [0.2, 0.25) is 0 Å². The van der Waals surface area contributed by atoms with E-state index in [1.54, 1.807) is 7.11 Å². The molecule has 1 aromatic heterocycles. The van der Waals surface area contributed by atoms with Gasteiger partial charge in [-0.05, 0) is 42.7 Å². The van der Waals surface area contributed by atoms with Gasteiger partial charge in [-0.25, -0.2) is 15.0 Å². The Bertz CT molecular complexity index is 1660. The van der Waals surface area contributed by atoms with Crippen molar-refractivity contribution in [2.75, 3.05) is 80.1 Å². The summed E-state index contributed by atoms with van der Waals surface area (Å²) in [4.78, 5) is 35.0. The molecule has 0 unspecified atom stereocenters. The molecule has 3 aliphatic rings. The molecule has 11 heteroatoms. The number of piperazine rings is 1. The van der Waals surface area contributed by atoms with Crippen LogP contribution in [0.15, 0.2) is 74.1 Å². The normalized spacial score (nSPS) is 19.0. The second-order valence-electron chi connectivity index (χ2n) is 12.2. The second-order valence-corrected chi connectivity index (χ2v) is 12.2. The minimum Gasteiger partial charge on any atom is -0.494 e. The first-order valence-electron chi connectivity index (χ1n) is 16.5. The molecular formula is C37H44N8O3. The SMILES string of the molecule is C#Cc1cccc([C@H]2CCON2c2cc(Nc3cc(NC(=O)C=C)c(N4CCC(N5CCN(CC=C)CC5)CC4)cc3OC)ncn2)c1. The van der Waals surface area contributed by atoms with Crippen molar-refractivity contribution in [3.63, 3.8) is 0 Å². The molecule has 0 spiro atoms. The predicted molar refractivity (Wildman–Crippen MR) is 191 cm³/mol. The summed E-state index contributed by atoms with van der Waals surface area (Å²) in [6, 6.07) is 14.1. The maximum Gasteiger partial charge on any atom is 0.247 e. The summed E-state index contributed by atoms with van der Waals surface area (Å²) >= 11 is 0. The third-order valence-corrected chi connectivity index (χ3v) is 9.36. The molecule has 250 valence electrons. The molecule has 3 saturated heterocycles. The van der Waals surface area contributed by atoms with Gasteiger partial charge < -0.3 is 20.3 Å². The van der Waals surface area contributed by atoms with E-state index in [4.69, 9.17) is 16.0 Å². The Balaban J connectivity index is 1.20. The molecule has 1 atom stereocenters. The van der Waals surface area contributed by atoms with E-state index >= 15 is 0 Å². The zero-order chi connectivity index (χ0) is 33.5. The summed E-state index contributed by atoms with van der Waals surface area (Å²) in [7, 11) is 1.64. The summed E-state index contributed by atoms with van der Waals surface area (Å²) in [5, 5.41) is 8.22. The number of anilines is 5. The van der Waals surface area contributed by atoms with Crippen molar-refractivity contribution in [3.8, 4) is 18.1 Å². The van der Waals surface area contributed by atoms with E-state index < -0.39 is 0 Å². The Morgan fingerprint density at radius 1 is 1.06 bits per heavy atom. The highest BCUT2D eigenvalue weighted by Gasteiger charge is 2.31. The zero-order valence-corrected chi connectivity index (χ0v) is 27.6. The lowest BCUT2D eigenvalue weighted by atomic mass is 10.0.